The highest BCUT2D eigenvalue weighted by Crippen LogP contribution is 2.67. The van der Waals surface area contributed by atoms with Crippen molar-refractivity contribution in [1.82, 2.24) is 4.90 Å². The highest BCUT2D eigenvalue weighted by Gasteiger charge is 2.65. The third kappa shape index (κ3) is 4.36. The van der Waals surface area contributed by atoms with E-state index in [1.807, 2.05) is 55.5 Å². The average molecular weight is 497 g/mol. The molecule has 1 saturated heterocycles. The number of anilines is 1. The maximum absolute atomic E-state index is 12.3. The number of hydrogen-bond acceptors (Lipinski definition) is 5. The summed E-state index contributed by atoms with van der Waals surface area (Å²) in [6.45, 7) is 11.6. The number of esters is 1. The average Bonchev–Trinajstić information content (AvgIpc) is 2.86. The minimum absolute atomic E-state index is 0.166. The van der Waals surface area contributed by atoms with Crippen molar-refractivity contribution < 1.29 is 14.6 Å². The van der Waals surface area contributed by atoms with Crippen LogP contribution in [0.4, 0.5) is 5.69 Å². The van der Waals surface area contributed by atoms with Crippen LogP contribution in [0.1, 0.15) is 49.5 Å². The van der Waals surface area contributed by atoms with E-state index in [4.69, 9.17) is 16.3 Å². The first-order chi connectivity index (χ1) is 16.7. The SMILES string of the molecule is CCOC(=O)c1ccc(N2CCN(CC3C[C@H]4C[C@@H](C3(O)c3ccc(Cl)cc3)C4(C)C)CC2)cc1. The topological polar surface area (TPSA) is 53.0 Å². The van der Waals surface area contributed by atoms with Crippen LogP contribution in [-0.2, 0) is 10.3 Å². The molecule has 5 nitrogen and oxygen atoms in total. The maximum atomic E-state index is 12.3. The van der Waals surface area contributed by atoms with Gasteiger partial charge in [-0.1, -0.05) is 37.6 Å². The number of rotatable bonds is 6. The number of benzene rings is 2. The van der Waals surface area contributed by atoms with Gasteiger partial charge in [0.25, 0.3) is 0 Å². The Labute approximate surface area is 214 Å². The zero-order valence-corrected chi connectivity index (χ0v) is 21.8. The van der Waals surface area contributed by atoms with Crippen LogP contribution in [0.2, 0.25) is 5.02 Å². The van der Waals surface area contributed by atoms with Crippen molar-refractivity contribution in [3.63, 3.8) is 0 Å². The Hall–Kier alpha value is -2.08. The van der Waals surface area contributed by atoms with Crippen molar-refractivity contribution >= 4 is 23.3 Å². The lowest BCUT2D eigenvalue weighted by molar-refractivity contribution is -0.243. The normalized spacial score (nSPS) is 30.0. The van der Waals surface area contributed by atoms with E-state index in [0.29, 0.717) is 23.1 Å². The van der Waals surface area contributed by atoms with Crippen molar-refractivity contribution in [2.75, 3.05) is 44.2 Å². The summed E-state index contributed by atoms with van der Waals surface area (Å²) in [4.78, 5) is 16.8. The van der Waals surface area contributed by atoms with Gasteiger partial charge < -0.3 is 14.7 Å². The Balaban J connectivity index is 1.25. The van der Waals surface area contributed by atoms with Gasteiger partial charge in [0, 0.05) is 49.4 Å². The summed E-state index contributed by atoms with van der Waals surface area (Å²) in [6, 6.07) is 15.6. The van der Waals surface area contributed by atoms with Crippen LogP contribution in [0.25, 0.3) is 0 Å². The second kappa shape index (κ2) is 9.42. The maximum Gasteiger partial charge on any atom is 0.338 e. The molecule has 0 amide bonds. The van der Waals surface area contributed by atoms with Crippen LogP contribution in [0.5, 0.6) is 0 Å². The summed E-state index contributed by atoms with van der Waals surface area (Å²) in [5.74, 6) is 0.907. The summed E-state index contributed by atoms with van der Waals surface area (Å²) in [5, 5.41) is 13.0. The van der Waals surface area contributed by atoms with Crippen LogP contribution in [0.3, 0.4) is 0 Å². The first kappa shape index (κ1) is 24.6. The van der Waals surface area contributed by atoms with Crippen molar-refractivity contribution in [3.05, 3.63) is 64.7 Å². The van der Waals surface area contributed by atoms with Gasteiger partial charge in [-0.2, -0.15) is 0 Å². The molecule has 6 rings (SSSR count). The third-order valence-corrected chi connectivity index (χ3v) is 9.35. The highest BCUT2D eigenvalue weighted by molar-refractivity contribution is 6.30. The number of halogens is 1. The summed E-state index contributed by atoms with van der Waals surface area (Å²) in [7, 11) is 0. The first-order valence-electron chi connectivity index (χ1n) is 13.0. The zero-order chi connectivity index (χ0) is 24.8. The van der Waals surface area contributed by atoms with Gasteiger partial charge >= 0.3 is 5.97 Å². The molecule has 2 unspecified atom stereocenters. The molecule has 2 aromatic rings. The van der Waals surface area contributed by atoms with Crippen LogP contribution in [0.15, 0.2) is 48.5 Å². The molecule has 2 bridgehead atoms. The Kier molecular flexibility index (Phi) is 6.62. The molecule has 0 aromatic heterocycles. The number of carbonyl (C=O) groups excluding carboxylic acids is 1. The number of aliphatic hydroxyl groups is 1. The van der Waals surface area contributed by atoms with Gasteiger partial charge in [-0.3, -0.25) is 4.90 Å². The van der Waals surface area contributed by atoms with Gasteiger partial charge in [0.2, 0.25) is 0 Å². The number of hydrogen-bond donors (Lipinski definition) is 1. The molecule has 4 fully saturated rings. The molecule has 1 N–H and O–H groups in total. The quantitative estimate of drug-likeness (QED) is 0.556. The largest absolute Gasteiger partial charge is 0.462 e. The molecule has 1 aliphatic heterocycles. The number of ether oxygens (including phenoxy) is 1. The fourth-order valence-corrected chi connectivity index (χ4v) is 6.99. The van der Waals surface area contributed by atoms with Crippen LogP contribution in [-0.4, -0.2) is 55.3 Å². The Bertz CT molecular complexity index is 1050. The third-order valence-electron chi connectivity index (χ3n) is 9.09. The van der Waals surface area contributed by atoms with Crippen LogP contribution in [0, 0.1) is 23.2 Å². The van der Waals surface area contributed by atoms with E-state index >= 15 is 0 Å². The minimum atomic E-state index is -0.817. The monoisotopic (exact) mass is 496 g/mol. The van der Waals surface area contributed by atoms with Crippen molar-refractivity contribution in [2.45, 2.75) is 39.2 Å². The molecule has 1 heterocycles. The first-order valence-corrected chi connectivity index (χ1v) is 13.3. The van der Waals surface area contributed by atoms with E-state index in [1.54, 1.807) is 0 Å². The molecule has 4 atom stereocenters. The lowest BCUT2D eigenvalue weighted by atomic mass is 9.40. The molecule has 4 aliphatic rings. The molecule has 0 spiro atoms. The Morgan fingerprint density at radius 3 is 2.29 bits per heavy atom. The molecular formula is C29H37ClN2O3. The van der Waals surface area contributed by atoms with E-state index < -0.39 is 5.60 Å². The van der Waals surface area contributed by atoms with Crippen LogP contribution >= 0.6 is 11.6 Å². The van der Waals surface area contributed by atoms with Gasteiger partial charge in [-0.15, -0.1) is 0 Å². The zero-order valence-electron chi connectivity index (χ0n) is 21.0. The summed E-state index contributed by atoms with van der Waals surface area (Å²) in [5.41, 5.74) is 2.09. The molecule has 0 radical (unpaired) electrons. The van der Waals surface area contributed by atoms with Crippen LogP contribution < -0.4 is 4.90 Å². The van der Waals surface area contributed by atoms with E-state index in [-0.39, 0.29) is 23.2 Å². The van der Waals surface area contributed by atoms with Gasteiger partial charge in [0.1, 0.15) is 0 Å². The molecule has 6 heteroatoms. The molecule has 2 aromatic carbocycles. The van der Waals surface area contributed by atoms with Crippen molar-refractivity contribution in [3.8, 4) is 0 Å². The number of nitrogens with zero attached hydrogens (tertiary/aromatic N) is 2. The molecule has 3 saturated carbocycles. The van der Waals surface area contributed by atoms with E-state index in [9.17, 15) is 9.90 Å². The predicted octanol–water partition coefficient (Wildman–Crippen LogP) is 5.21. The van der Waals surface area contributed by atoms with E-state index in [1.165, 1.54) is 0 Å². The van der Waals surface area contributed by atoms with E-state index in [2.05, 4.69) is 23.6 Å². The Morgan fingerprint density at radius 2 is 1.69 bits per heavy atom. The summed E-state index contributed by atoms with van der Waals surface area (Å²) < 4.78 is 5.09. The van der Waals surface area contributed by atoms with Gasteiger partial charge in [-0.05, 0) is 79.0 Å². The van der Waals surface area contributed by atoms with Crippen molar-refractivity contribution in [2.24, 2.45) is 23.2 Å². The van der Waals surface area contributed by atoms with Crippen molar-refractivity contribution in [1.29, 1.82) is 0 Å². The van der Waals surface area contributed by atoms with Gasteiger partial charge in [0.05, 0.1) is 17.8 Å². The minimum Gasteiger partial charge on any atom is -0.462 e. The summed E-state index contributed by atoms with van der Waals surface area (Å²) >= 11 is 6.18. The summed E-state index contributed by atoms with van der Waals surface area (Å²) in [6.07, 6.45) is 2.18. The highest BCUT2D eigenvalue weighted by atomic mass is 35.5. The fraction of sp³-hybridized carbons (Fsp3) is 0.552. The number of piperazine rings is 1. The fourth-order valence-electron chi connectivity index (χ4n) is 6.86. The van der Waals surface area contributed by atoms with E-state index in [0.717, 1.165) is 56.8 Å². The molecule has 188 valence electrons. The number of carbonyl (C=O) groups is 1. The van der Waals surface area contributed by atoms with Gasteiger partial charge in [-0.25, -0.2) is 4.79 Å². The molecular weight excluding hydrogens is 460 g/mol. The van der Waals surface area contributed by atoms with Gasteiger partial charge in [0.15, 0.2) is 0 Å². The number of fused-ring (bicyclic) bond motifs is 2. The molecule has 3 aliphatic carbocycles. The lowest BCUT2D eigenvalue weighted by Crippen LogP contribution is -2.65. The second-order valence-corrected chi connectivity index (χ2v) is 11.6. The second-order valence-electron chi connectivity index (χ2n) is 11.1. The molecule has 35 heavy (non-hydrogen) atoms. The lowest BCUT2D eigenvalue weighted by Gasteiger charge is -2.66. The smallest absolute Gasteiger partial charge is 0.338 e. The standard InChI is InChI=1S/C29H37ClN2O3/c1-4-35-27(33)20-5-11-25(12-6-20)32-15-13-31(14-16-32)19-23-17-22-18-26(28(22,2)3)29(23,34)21-7-9-24(30)10-8-21/h5-12,22-23,26,34H,4,13-19H2,1-3H3/t22-,23?,26+,29?/m0/s1. The predicted molar refractivity (Wildman–Crippen MR) is 140 cm³/mol. The Morgan fingerprint density at radius 1 is 1.03 bits per heavy atom.